The van der Waals surface area contributed by atoms with Crippen molar-refractivity contribution in [2.75, 3.05) is 6.54 Å². The summed E-state index contributed by atoms with van der Waals surface area (Å²) in [5.74, 6) is 1.45. The molecule has 0 unspecified atom stereocenters. The highest BCUT2D eigenvalue weighted by molar-refractivity contribution is 7.09. The van der Waals surface area contributed by atoms with Gasteiger partial charge in [0.25, 0.3) is 5.91 Å². The molecule has 0 aliphatic carbocycles. The fourth-order valence-electron chi connectivity index (χ4n) is 2.87. The van der Waals surface area contributed by atoms with Gasteiger partial charge in [-0.15, -0.1) is 11.3 Å². The Morgan fingerprint density at radius 2 is 2.17 bits per heavy atom. The maximum atomic E-state index is 13.0. The van der Waals surface area contributed by atoms with Gasteiger partial charge < -0.3 is 9.42 Å². The van der Waals surface area contributed by atoms with Crippen LogP contribution < -0.4 is 0 Å². The molecule has 1 aliphatic heterocycles. The van der Waals surface area contributed by atoms with Crippen molar-refractivity contribution < 1.29 is 9.32 Å². The van der Waals surface area contributed by atoms with Crippen molar-refractivity contribution in [1.82, 2.24) is 20.0 Å². The molecule has 0 N–H and O–H groups in total. The van der Waals surface area contributed by atoms with Crippen LogP contribution in [0.3, 0.4) is 0 Å². The SMILES string of the molecule is Cc1nc([C@@H]2CCCCCN2C(=O)c2csc(C(C)C)n2)no1. The van der Waals surface area contributed by atoms with Gasteiger partial charge in [-0.05, 0) is 12.8 Å². The van der Waals surface area contributed by atoms with Crippen molar-refractivity contribution in [3.63, 3.8) is 0 Å². The fraction of sp³-hybridized carbons (Fsp3) is 0.625. The van der Waals surface area contributed by atoms with E-state index in [1.165, 1.54) is 0 Å². The van der Waals surface area contributed by atoms with Gasteiger partial charge >= 0.3 is 0 Å². The molecule has 0 bridgehead atoms. The third-order valence-electron chi connectivity index (χ3n) is 4.09. The average Bonchev–Trinajstić information content (AvgIpc) is 3.10. The zero-order valence-electron chi connectivity index (χ0n) is 13.8. The van der Waals surface area contributed by atoms with Crippen molar-refractivity contribution in [3.8, 4) is 0 Å². The van der Waals surface area contributed by atoms with Crippen LogP contribution in [0.15, 0.2) is 9.90 Å². The lowest BCUT2D eigenvalue weighted by atomic mass is 10.1. The molecule has 0 spiro atoms. The van der Waals surface area contributed by atoms with Crippen LogP contribution in [0.5, 0.6) is 0 Å². The number of amides is 1. The highest BCUT2D eigenvalue weighted by Gasteiger charge is 2.31. The van der Waals surface area contributed by atoms with Crippen LogP contribution in [0.2, 0.25) is 0 Å². The maximum Gasteiger partial charge on any atom is 0.273 e. The molecule has 3 heterocycles. The van der Waals surface area contributed by atoms with Crippen LogP contribution in [0.1, 0.15) is 78.7 Å². The van der Waals surface area contributed by atoms with Crippen LogP contribution in [-0.2, 0) is 0 Å². The molecule has 6 nitrogen and oxygen atoms in total. The standard InChI is InChI=1S/C16H22N4O2S/c1-10(2)15-18-12(9-23-15)16(21)20-8-6-4-5-7-13(20)14-17-11(3)22-19-14/h9-10,13H,4-8H2,1-3H3/t13-/m0/s1. The Morgan fingerprint density at radius 1 is 1.35 bits per heavy atom. The van der Waals surface area contributed by atoms with Gasteiger partial charge in [-0.2, -0.15) is 4.98 Å². The number of carbonyl (C=O) groups excluding carboxylic acids is 1. The summed E-state index contributed by atoms with van der Waals surface area (Å²) in [4.78, 5) is 23.7. The predicted octanol–water partition coefficient (Wildman–Crippen LogP) is 3.72. The molecular weight excluding hydrogens is 312 g/mol. The number of nitrogens with zero attached hydrogens (tertiary/aromatic N) is 4. The number of hydrogen-bond acceptors (Lipinski definition) is 6. The molecule has 2 aromatic heterocycles. The number of aromatic nitrogens is 3. The van der Waals surface area contributed by atoms with E-state index in [4.69, 9.17) is 4.52 Å². The van der Waals surface area contributed by atoms with E-state index >= 15 is 0 Å². The summed E-state index contributed by atoms with van der Waals surface area (Å²) < 4.78 is 5.12. The molecule has 1 saturated heterocycles. The van der Waals surface area contributed by atoms with Gasteiger partial charge in [-0.1, -0.05) is 31.8 Å². The van der Waals surface area contributed by atoms with Crippen LogP contribution in [0, 0.1) is 6.92 Å². The summed E-state index contributed by atoms with van der Waals surface area (Å²) in [6.45, 7) is 6.66. The summed E-state index contributed by atoms with van der Waals surface area (Å²) in [5.41, 5.74) is 0.533. The molecule has 1 aliphatic rings. The molecule has 1 atom stereocenters. The minimum atomic E-state index is -0.119. The van der Waals surface area contributed by atoms with Gasteiger partial charge in [-0.3, -0.25) is 4.79 Å². The molecule has 1 amide bonds. The molecule has 0 aromatic carbocycles. The molecule has 0 radical (unpaired) electrons. The fourth-order valence-corrected chi connectivity index (χ4v) is 3.68. The van der Waals surface area contributed by atoms with Crippen LogP contribution in [0.4, 0.5) is 0 Å². The highest BCUT2D eigenvalue weighted by Crippen LogP contribution is 2.30. The normalized spacial score (nSPS) is 19.1. The van der Waals surface area contributed by atoms with E-state index in [-0.39, 0.29) is 11.9 Å². The lowest BCUT2D eigenvalue weighted by Gasteiger charge is -2.27. The number of thiazole rings is 1. The Bertz CT molecular complexity index is 679. The Morgan fingerprint density at radius 3 is 2.83 bits per heavy atom. The summed E-state index contributed by atoms with van der Waals surface area (Å²) in [5, 5.41) is 6.90. The largest absolute Gasteiger partial charge is 0.340 e. The van der Waals surface area contributed by atoms with E-state index in [0.29, 0.717) is 29.9 Å². The number of carbonyl (C=O) groups is 1. The second-order valence-corrected chi connectivity index (χ2v) is 7.15. The van der Waals surface area contributed by atoms with Crippen LogP contribution in [0.25, 0.3) is 0 Å². The van der Waals surface area contributed by atoms with Gasteiger partial charge in [0.2, 0.25) is 5.89 Å². The van der Waals surface area contributed by atoms with Crippen molar-refractivity contribution >= 4 is 17.2 Å². The van der Waals surface area contributed by atoms with Gasteiger partial charge in [0, 0.05) is 24.8 Å². The summed E-state index contributed by atoms with van der Waals surface area (Å²) >= 11 is 1.55. The lowest BCUT2D eigenvalue weighted by Crippen LogP contribution is -2.35. The van der Waals surface area contributed by atoms with Crippen molar-refractivity contribution in [1.29, 1.82) is 0 Å². The summed E-state index contributed by atoms with van der Waals surface area (Å²) in [6, 6.07) is -0.119. The number of hydrogen-bond donors (Lipinski definition) is 0. The molecular formula is C16H22N4O2S. The monoisotopic (exact) mass is 334 g/mol. The molecule has 3 rings (SSSR count). The Kier molecular flexibility index (Phi) is 4.75. The first-order chi connectivity index (χ1) is 11.1. The molecule has 1 fully saturated rings. The molecule has 2 aromatic rings. The Hall–Kier alpha value is -1.76. The van der Waals surface area contributed by atoms with E-state index < -0.39 is 0 Å². The minimum Gasteiger partial charge on any atom is -0.340 e. The molecule has 124 valence electrons. The summed E-state index contributed by atoms with van der Waals surface area (Å²) in [7, 11) is 0. The van der Waals surface area contributed by atoms with Crippen molar-refractivity contribution in [2.45, 2.75) is 58.4 Å². The second-order valence-electron chi connectivity index (χ2n) is 6.26. The topological polar surface area (TPSA) is 72.1 Å². The molecule has 7 heteroatoms. The first kappa shape index (κ1) is 16.1. The third kappa shape index (κ3) is 3.44. The van der Waals surface area contributed by atoms with Crippen molar-refractivity contribution in [2.24, 2.45) is 0 Å². The Balaban J connectivity index is 1.87. The number of rotatable bonds is 3. The van der Waals surface area contributed by atoms with Gasteiger partial charge in [0.05, 0.1) is 11.0 Å². The number of aryl methyl sites for hydroxylation is 1. The van der Waals surface area contributed by atoms with Crippen molar-refractivity contribution in [3.05, 3.63) is 27.8 Å². The molecule has 0 saturated carbocycles. The van der Waals surface area contributed by atoms with E-state index in [1.807, 2.05) is 10.3 Å². The van der Waals surface area contributed by atoms with E-state index in [0.717, 1.165) is 30.7 Å². The molecule has 23 heavy (non-hydrogen) atoms. The van der Waals surface area contributed by atoms with Crippen LogP contribution >= 0.6 is 11.3 Å². The van der Waals surface area contributed by atoms with Gasteiger partial charge in [0.1, 0.15) is 5.69 Å². The third-order valence-corrected chi connectivity index (χ3v) is 5.24. The lowest BCUT2D eigenvalue weighted by molar-refractivity contribution is 0.0665. The zero-order valence-corrected chi connectivity index (χ0v) is 14.6. The minimum absolute atomic E-state index is 0.0255. The van der Waals surface area contributed by atoms with E-state index in [9.17, 15) is 4.79 Å². The summed E-state index contributed by atoms with van der Waals surface area (Å²) in [6.07, 6.45) is 4.05. The van der Waals surface area contributed by atoms with Crippen LogP contribution in [-0.4, -0.2) is 32.5 Å². The first-order valence-corrected chi connectivity index (χ1v) is 9.01. The van der Waals surface area contributed by atoms with Gasteiger partial charge in [-0.25, -0.2) is 4.98 Å². The quantitative estimate of drug-likeness (QED) is 0.855. The van der Waals surface area contributed by atoms with E-state index in [1.54, 1.807) is 18.3 Å². The zero-order chi connectivity index (χ0) is 16.4. The maximum absolute atomic E-state index is 13.0. The van der Waals surface area contributed by atoms with E-state index in [2.05, 4.69) is 29.0 Å². The average molecular weight is 334 g/mol. The predicted molar refractivity (Wildman–Crippen MR) is 87.5 cm³/mol. The second kappa shape index (κ2) is 6.78. The Labute approximate surface area is 139 Å². The first-order valence-electron chi connectivity index (χ1n) is 8.13. The van der Waals surface area contributed by atoms with Gasteiger partial charge in [0.15, 0.2) is 5.82 Å². The number of likely N-dealkylation sites (tertiary alicyclic amines) is 1. The smallest absolute Gasteiger partial charge is 0.273 e. The highest BCUT2D eigenvalue weighted by atomic mass is 32.1.